The highest BCUT2D eigenvalue weighted by molar-refractivity contribution is 5.81. The number of carbonyl (C=O) groups excluding carboxylic acids is 1. The van der Waals surface area contributed by atoms with Gasteiger partial charge in [-0.05, 0) is 55.6 Å². The first-order chi connectivity index (χ1) is 15.5. The lowest BCUT2D eigenvalue weighted by atomic mass is 9.85. The Morgan fingerprint density at radius 3 is 2.62 bits per heavy atom. The van der Waals surface area contributed by atoms with Gasteiger partial charge in [-0.15, -0.1) is 0 Å². The van der Waals surface area contributed by atoms with Gasteiger partial charge in [0.15, 0.2) is 0 Å². The van der Waals surface area contributed by atoms with Gasteiger partial charge < -0.3 is 4.74 Å². The molecule has 6 heteroatoms. The minimum Gasteiger partial charge on any atom is -0.385 e. The Morgan fingerprint density at radius 1 is 1.16 bits per heavy atom. The molecule has 0 N–H and O–H groups in total. The number of aromatic nitrogens is 4. The average molecular weight is 433 g/mol. The molecule has 3 atom stereocenters. The van der Waals surface area contributed by atoms with Gasteiger partial charge in [0.2, 0.25) is 0 Å². The number of ketones is 1. The first-order valence-corrected chi connectivity index (χ1v) is 11.4. The Bertz CT molecular complexity index is 1030. The molecule has 1 aromatic carbocycles. The van der Waals surface area contributed by atoms with Gasteiger partial charge in [-0.1, -0.05) is 30.3 Å². The highest BCUT2D eigenvalue weighted by Crippen LogP contribution is 2.46. The van der Waals surface area contributed by atoms with Gasteiger partial charge in [0, 0.05) is 57.3 Å². The summed E-state index contributed by atoms with van der Waals surface area (Å²) in [5, 5.41) is 4.57. The summed E-state index contributed by atoms with van der Waals surface area (Å²) in [6.07, 6.45) is 7.85. The first kappa shape index (κ1) is 22.3. The summed E-state index contributed by atoms with van der Waals surface area (Å²) in [4.78, 5) is 21.6. The number of ether oxygens (including phenoxy) is 1. The molecule has 1 saturated carbocycles. The number of aryl methyl sites for hydroxylation is 2. The fourth-order valence-electron chi connectivity index (χ4n) is 5.00. The van der Waals surface area contributed by atoms with Crippen LogP contribution in [0.1, 0.15) is 48.7 Å². The van der Waals surface area contributed by atoms with E-state index in [9.17, 15) is 4.79 Å². The van der Waals surface area contributed by atoms with Gasteiger partial charge in [-0.25, -0.2) is 9.97 Å². The van der Waals surface area contributed by atoms with Crippen molar-refractivity contribution in [2.75, 3.05) is 13.7 Å². The minimum absolute atomic E-state index is 0.276. The van der Waals surface area contributed by atoms with Crippen LogP contribution in [0.4, 0.5) is 0 Å². The number of methoxy groups -OCH3 is 1. The van der Waals surface area contributed by atoms with E-state index in [2.05, 4.69) is 45.4 Å². The van der Waals surface area contributed by atoms with Gasteiger partial charge in [0.25, 0.3) is 0 Å². The van der Waals surface area contributed by atoms with E-state index < -0.39 is 0 Å². The first-order valence-electron chi connectivity index (χ1n) is 11.4. The van der Waals surface area contributed by atoms with Gasteiger partial charge in [-0.3, -0.25) is 9.48 Å². The number of hydrogen-bond donors (Lipinski definition) is 0. The van der Waals surface area contributed by atoms with Crippen LogP contribution in [-0.4, -0.2) is 39.2 Å². The van der Waals surface area contributed by atoms with Crippen molar-refractivity contribution in [2.45, 2.75) is 44.9 Å². The zero-order chi connectivity index (χ0) is 22.5. The van der Waals surface area contributed by atoms with Gasteiger partial charge >= 0.3 is 0 Å². The Balaban J connectivity index is 1.44. The molecular formula is C26H32N4O2. The molecule has 0 bridgehead atoms. The largest absolute Gasteiger partial charge is 0.385 e. The quantitative estimate of drug-likeness (QED) is 0.497. The Hall–Kier alpha value is -2.86. The summed E-state index contributed by atoms with van der Waals surface area (Å²) in [5.41, 5.74) is 3.95. The summed E-state index contributed by atoms with van der Waals surface area (Å²) in [7, 11) is 3.65. The summed E-state index contributed by atoms with van der Waals surface area (Å²) in [6.45, 7) is 2.64. The standard InChI is InChI=1S/C26H32N4O2/c1-18-27-16-22(17-28-18)26-15-23(30(2)29-26)14-24(31)13-21-11-19(9-10-32-3)12-25(21)20-7-5-4-6-8-20/h4-8,15-17,19,21,25H,9-14H2,1-3H3/t19?,21-,25-/m0/s1. The molecule has 2 heterocycles. The molecule has 0 radical (unpaired) electrons. The van der Waals surface area contributed by atoms with Crippen molar-refractivity contribution in [1.29, 1.82) is 0 Å². The molecule has 0 amide bonds. The zero-order valence-corrected chi connectivity index (χ0v) is 19.2. The second-order valence-corrected chi connectivity index (χ2v) is 8.98. The molecular weight excluding hydrogens is 400 g/mol. The molecule has 0 spiro atoms. The van der Waals surface area contributed by atoms with E-state index in [0.717, 1.165) is 48.6 Å². The van der Waals surface area contributed by atoms with Crippen molar-refractivity contribution >= 4 is 5.78 Å². The van der Waals surface area contributed by atoms with E-state index in [-0.39, 0.29) is 5.78 Å². The number of nitrogens with zero attached hydrogens (tertiary/aromatic N) is 4. The van der Waals surface area contributed by atoms with Crippen molar-refractivity contribution in [3.8, 4) is 11.3 Å². The van der Waals surface area contributed by atoms with Gasteiger partial charge in [0.05, 0.1) is 5.69 Å². The van der Waals surface area contributed by atoms with E-state index in [0.29, 0.717) is 30.6 Å². The predicted octanol–water partition coefficient (Wildman–Crippen LogP) is 4.53. The molecule has 1 aliphatic rings. The Morgan fingerprint density at radius 2 is 1.91 bits per heavy atom. The van der Waals surface area contributed by atoms with Crippen LogP contribution in [-0.2, 0) is 23.0 Å². The molecule has 4 rings (SSSR count). The number of benzene rings is 1. The van der Waals surface area contributed by atoms with Crippen LogP contribution in [0.5, 0.6) is 0 Å². The maximum absolute atomic E-state index is 13.1. The molecule has 2 aromatic heterocycles. The molecule has 1 aliphatic carbocycles. The van der Waals surface area contributed by atoms with Gasteiger partial charge in [0.1, 0.15) is 11.6 Å². The topological polar surface area (TPSA) is 69.9 Å². The van der Waals surface area contributed by atoms with Crippen LogP contribution in [0.25, 0.3) is 11.3 Å². The molecule has 0 saturated heterocycles. The van der Waals surface area contributed by atoms with Crippen molar-refractivity contribution in [1.82, 2.24) is 19.7 Å². The SMILES string of the molecule is COCCC1C[C@@H](CC(=O)Cc2cc(-c3cnc(C)nc3)nn2C)[C@H](c2ccccc2)C1. The molecule has 1 fully saturated rings. The number of carbonyl (C=O) groups is 1. The maximum atomic E-state index is 13.1. The summed E-state index contributed by atoms with van der Waals surface area (Å²) in [5.74, 6) is 2.44. The van der Waals surface area contributed by atoms with Crippen LogP contribution in [0, 0.1) is 18.8 Å². The van der Waals surface area contributed by atoms with E-state index in [4.69, 9.17) is 4.74 Å². The minimum atomic E-state index is 0.276. The third-order valence-corrected chi connectivity index (χ3v) is 6.67. The van der Waals surface area contributed by atoms with E-state index >= 15 is 0 Å². The molecule has 1 unspecified atom stereocenters. The molecule has 168 valence electrons. The monoisotopic (exact) mass is 432 g/mol. The number of Topliss-reactive ketones (excluding diaryl/α,β-unsaturated/α-hetero) is 1. The highest BCUT2D eigenvalue weighted by Gasteiger charge is 2.36. The third kappa shape index (κ3) is 5.30. The Kier molecular flexibility index (Phi) is 7.10. The van der Waals surface area contributed by atoms with Crippen LogP contribution < -0.4 is 0 Å². The predicted molar refractivity (Wildman–Crippen MR) is 124 cm³/mol. The lowest BCUT2D eigenvalue weighted by Crippen LogP contribution is -2.15. The van der Waals surface area contributed by atoms with Gasteiger partial charge in [-0.2, -0.15) is 5.10 Å². The summed E-state index contributed by atoms with van der Waals surface area (Å²) >= 11 is 0. The lowest BCUT2D eigenvalue weighted by Gasteiger charge is -2.19. The fourth-order valence-corrected chi connectivity index (χ4v) is 5.00. The molecule has 0 aliphatic heterocycles. The Labute approximate surface area is 190 Å². The normalized spacial score (nSPS) is 20.5. The highest BCUT2D eigenvalue weighted by atomic mass is 16.5. The molecule has 6 nitrogen and oxygen atoms in total. The summed E-state index contributed by atoms with van der Waals surface area (Å²) < 4.78 is 7.12. The second kappa shape index (κ2) is 10.2. The van der Waals surface area contributed by atoms with E-state index in [1.165, 1.54) is 5.56 Å². The van der Waals surface area contributed by atoms with Crippen LogP contribution in [0.2, 0.25) is 0 Å². The van der Waals surface area contributed by atoms with Crippen molar-refractivity contribution in [3.05, 3.63) is 65.9 Å². The number of hydrogen-bond acceptors (Lipinski definition) is 5. The lowest BCUT2D eigenvalue weighted by molar-refractivity contribution is -0.119. The number of rotatable bonds is 9. The average Bonchev–Trinajstić information content (AvgIpc) is 3.36. The van der Waals surface area contributed by atoms with Crippen LogP contribution in [0.3, 0.4) is 0 Å². The van der Waals surface area contributed by atoms with Crippen molar-refractivity contribution in [2.24, 2.45) is 18.9 Å². The van der Waals surface area contributed by atoms with Crippen LogP contribution in [0.15, 0.2) is 48.8 Å². The third-order valence-electron chi connectivity index (χ3n) is 6.67. The van der Waals surface area contributed by atoms with E-state index in [1.807, 2.05) is 20.0 Å². The second-order valence-electron chi connectivity index (χ2n) is 8.98. The van der Waals surface area contributed by atoms with Crippen molar-refractivity contribution in [3.63, 3.8) is 0 Å². The van der Waals surface area contributed by atoms with Crippen LogP contribution >= 0.6 is 0 Å². The molecule has 3 aromatic rings. The maximum Gasteiger partial charge on any atom is 0.139 e. The zero-order valence-electron chi connectivity index (χ0n) is 19.2. The summed E-state index contributed by atoms with van der Waals surface area (Å²) in [6, 6.07) is 12.7. The van der Waals surface area contributed by atoms with Crippen molar-refractivity contribution < 1.29 is 9.53 Å². The molecule has 32 heavy (non-hydrogen) atoms. The van der Waals surface area contributed by atoms with E-state index in [1.54, 1.807) is 24.2 Å². The smallest absolute Gasteiger partial charge is 0.139 e. The fraction of sp³-hybridized carbons (Fsp3) is 0.462.